The largest absolute Gasteiger partial charge is 0.460 e. The van der Waals surface area contributed by atoms with Crippen LogP contribution in [-0.4, -0.2) is 5.11 Å². The number of alkyl halides is 3. The molecule has 0 saturated carbocycles. The highest BCUT2D eigenvalue weighted by Gasteiger charge is 2.30. The van der Waals surface area contributed by atoms with Gasteiger partial charge in [0, 0.05) is 17.0 Å². The molecule has 0 fully saturated rings. The van der Waals surface area contributed by atoms with Crippen molar-refractivity contribution in [2.75, 3.05) is 0 Å². The standard InChI is InChI=1S/C19H23F3O2/c1-11(2)9-16(23)15-10-17(24-18(15)12(3)4)13-5-7-14(8-6-13)19(20,21)22/h5-8,10-12,16,23H,9H2,1-4H3. The van der Waals surface area contributed by atoms with Crippen molar-refractivity contribution in [2.45, 2.75) is 52.3 Å². The van der Waals surface area contributed by atoms with Gasteiger partial charge in [0.05, 0.1) is 11.7 Å². The van der Waals surface area contributed by atoms with Gasteiger partial charge in [-0.2, -0.15) is 13.2 Å². The molecule has 0 aliphatic rings. The molecule has 0 radical (unpaired) electrons. The summed E-state index contributed by atoms with van der Waals surface area (Å²) in [6.45, 7) is 7.96. The molecule has 1 atom stereocenters. The average Bonchev–Trinajstić information content (AvgIpc) is 2.91. The summed E-state index contributed by atoms with van der Waals surface area (Å²) in [6.07, 6.45) is -4.40. The molecule has 132 valence electrons. The van der Waals surface area contributed by atoms with E-state index in [1.807, 2.05) is 27.7 Å². The van der Waals surface area contributed by atoms with E-state index in [2.05, 4.69) is 0 Å². The summed E-state index contributed by atoms with van der Waals surface area (Å²) < 4.78 is 43.8. The first-order valence-electron chi connectivity index (χ1n) is 8.09. The molecule has 0 saturated heterocycles. The molecular formula is C19H23F3O2. The van der Waals surface area contributed by atoms with Crippen molar-refractivity contribution < 1.29 is 22.7 Å². The second-order valence-corrected chi connectivity index (χ2v) is 6.81. The Morgan fingerprint density at radius 1 is 1.04 bits per heavy atom. The number of halogens is 3. The number of rotatable bonds is 5. The predicted molar refractivity (Wildman–Crippen MR) is 87.6 cm³/mol. The molecule has 2 aromatic rings. The number of furan rings is 1. The van der Waals surface area contributed by atoms with Crippen molar-refractivity contribution in [3.05, 3.63) is 47.2 Å². The van der Waals surface area contributed by atoms with Crippen LogP contribution >= 0.6 is 0 Å². The Hall–Kier alpha value is -1.75. The molecule has 2 nitrogen and oxygen atoms in total. The summed E-state index contributed by atoms with van der Waals surface area (Å²) in [6, 6.07) is 6.61. The van der Waals surface area contributed by atoms with E-state index in [4.69, 9.17) is 4.42 Å². The molecule has 1 unspecified atom stereocenters. The highest BCUT2D eigenvalue weighted by Crippen LogP contribution is 2.37. The van der Waals surface area contributed by atoms with Crippen molar-refractivity contribution >= 4 is 0 Å². The summed E-state index contributed by atoms with van der Waals surface area (Å²) in [7, 11) is 0. The molecule has 1 heterocycles. The van der Waals surface area contributed by atoms with Gasteiger partial charge in [-0.15, -0.1) is 0 Å². The van der Waals surface area contributed by atoms with Crippen LogP contribution < -0.4 is 0 Å². The first-order valence-corrected chi connectivity index (χ1v) is 8.09. The normalized spacial score (nSPS) is 13.8. The van der Waals surface area contributed by atoms with Crippen LogP contribution in [0, 0.1) is 5.92 Å². The van der Waals surface area contributed by atoms with E-state index in [0.29, 0.717) is 35.0 Å². The predicted octanol–water partition coefficient (Wildman–Crippen LogP) is 6.17. The van der Waals surface area contributed by atoms with Gasteiger partial charge in [-0.3, -0.25) is 0 Å². The van der Waals surface area contributed by atoms with Gasteiger partial charge in [-0.1, -0.05) is 39.8 Å². The molecule has 1 aromatic heterocycles. The Morgan fingerprint density at radius 2 is 1.62 bits per heavy atom. The maximum Gasteiger partial charge on any atom is 0.416 e. The van der Waals surface area contributed by atoms with Gasteiger partial charge in [0.2, 0.25) is 0 Å². The summed E-state index contributed by atoms with van der Waals surface area (Å²) in [4.78, 5) is 0. The highest BCUT2D eigenvalue weighted by molar-refractivity contribution is 5.60. The Kier molecular flexibility index (Phi) is 5.43. The van der Waals surface area contributed by atoms with Crippen molar-refractivity contribution in [2.24, 2.45) is 5.92 Å². The second kappa shape index (κ2) is 7.01. The fourth-order valence-electron chi connectivity index (χ4n) is 2.67. The summed E-state index contributed by atoms with van der Waals surface area (Å²) >= 11 is 0. The van der Waals surface area contributed by atoms with Gasteiger partial charge in [-0.25, -0.2) is 0 Å². The van der Waals surface area contributed by atoms with Gasteiger partial charge in [-0.05, 0) is 30.5 Å². The lowest BCUT2D eigenvalue weighted by atomic mass is 9.96. The number of hydrogen-bond donors (Lipinski definition) is 1. The summed E-state index contributed by atoms with van der Waals surface area (Å²) in [5, 5.41) is 10.4. The lowest BCUT2D eigenvalue weighted by molar-refractivity contribution is -0.137. The van der Waals surface area contributed by atoms with E-state index in [1.165, 1.54) is 12.1 Å². The van der Waals surface area contributed by atoms with Gasteiger partial charge in [0.25, 0.3) is 0 Å². The van der Waals surface area contributed by atoms with Gasteiger partial charge in [0.15, 0.2) is 0 Å². The number of aliphatic hydroxyl groups excluding tert-OH is 1. The van der Waals surface area contributed by atoms with Crippen LogP contribution in [0.2, 0.25) is 0 Å². The molecule has 1 aromatic carbocycles. The SMILES string of the molecule is CC(C)CC(O)c1cc(-c2ccc(C(F)(F)F)cc2)oc1C(C)C. The molecule has 1 N–H and O–H groups in total. The molecule has 0 bridgehead atoms. The monoisotopic (exact) mass is 340 g/mol. The molecule has 0 spiro atoms. The van der Waals surface area contributed by atoms with Crippen molar-refractivity contribution in [1.82, 2.24) is 0 Å². The van der Waals surface area contributed by atoms with Crippen LogP contribution in [0.1, 0.15) is 63.0 Å². The van der Waals surface area contributed by atoms with Gasteiger partial charge >= 0.3 is 6.18 Å². The summed E-state index contributed by atoms with van der Waals surface area (Å²) in [5.41, 5.74) is 0.587. The topological polar surface area (TPSA) is 33.4 Å². The smallest absolute Gasteiger partial charge is 0.416 e. The minimum Gasteiger partial charge on any atom is -0.460 e. The number of hydrogen-bond acceptors (Lipinski definition) is 2. The summed E-state index contributed by atoms with van der Waals surface area (Å²) in [5.74, 6) is 1.55. The van der Waals surface area contributed by atoms with Crippen molar-refractivity contribution in [1.29, 1.82) is 0 Å². The number of aliphatic hydroxyl groups is 1. The van der Waals surface area contributed by atoms with E-state index in [-0.39, 0.29) is 5.92 Å². The zero-order chi connectivity index (χ0) is 18.1. The lowest BCUT2D eigenvalue weighted by Gasteiger charge is -2.14. The Balaban J connectivity index is 2.37. The number of benzene rings is 1. The lowest BCUT2D eigenvalue weighted by Crippen LogP contribution is -2.04. The van der Waals surface area contributed by atoms with Crippen LogP contribution in [0.15, 0.2) is 34.7 Å². The van der Waals surface area contributed by atoms with Crippen molar-refractivity contribution in [3.8, 4) is 11.3 Å². The molecule has 24 heavy (non-hydrogen) atoms. The molecule has 0 aliphatic heterocycles. The maximum absolute atomic E-state index is 12.7. The first-order chi connectivity index (χ1) is 11.1. The molecular weight excluding hydrogens is 317 g/mol. The molecule has 0 amide bonds. The third-order valence-electron chi connectivity index (χ3n) is 3.87. The van der Waals surface area contributed by atoms with Crippen LogP contribution in [0.25, 0.3) is 11.3 Å². The Bertz CT molecular complexity index is 667. The Morgan fingerprint density at radius 3 is 2.08 bits per heavy atom. The van der Waals surface area contributed by atoms with Gasteiger partial charge in [0.1, 0.15) is 11.5 Å². The fourth-order valence-corrected chi connectivity index (χ4v) is 2.67. The molecule has 0 aliphatic carbocycles. The van der Waals surface area contributed by atoms with Crippen LogP contribution in [-0.2, 0) is 6.18 Å². The molecule has 5 heteroatoms. The maximum atomic E-state index is 12.7. The van der Waals surface area contributed by atoms with E-state index in [1.54, 1.807) is 6.07 Å². The minimum atomic E-state index is -4.36. The van der Waals surface area contributed by atoms with E-state index < -0.39 is 17.8 Å². The van der Waals surface area contributed by atoms with E-state index in [0.717, 1.165) is 12.1 Å². The van der Waals surface area contributed by atoms with E-state index >= 15 is 0 Å². The third-order valence-corrected chi connectivity index (χ3v) is 3.87. The van der Waals surface area contributed by atoms with Gasteiger partial charge < -0.3 is 9.52 Å². The first kappa shape index (κ1) is 18.6. The molecule has 2 rings (SSSR count). The zero-order valence-corrected chi connectivity index (χ0v) is 14.3. The highest BCUT2D eigenvalue weighted by atomic mass is 19.4. The third kappa shape index (κ3) is 4.20. The van der Waals surface area contributed by atoms with Crippen LogP contribution in [0.4, 0.5) is 13.2 Å². The Labute approximate surface area is 140 Å². The quantitative estimate of drug-likeness (QED) is 0.706. The minimum absolute atomic E-state index is 0.0741. The fraction of sp³-hybridized carbons (Fsp3) is 0.474. The zero-order valence-electron chi connectivity index (χ0n) is 14.3. The van der Waals surface area contributed by atoms with Crippen LogP contribution in [0.3, 0.4) is 0 Å². The van der Waals surface area contributed by atoms with Crippen LogP contribution in [0.5, 0.6) is 0 Å². The average molecular weight is 340 g/mol. The van der Waals surface area contributed by atoms with E-state index in [9.17, 15) is 18.3 Å². The second-order valence-electron chi connectivity index (χ2n) is 6.81. The van der Waals surface area contributed by atoms with Crippen molar-refractivity contribution in [3.63, 3.8) is 0 Å².